The van der Waals surface area contributed by atoms with Crippen molar-refractivity contribution in [2.24, 2.45) is 5.92 Å². The molecule has 0 spiro atoms. The fourth-order valence-electron chi connectivity index (χ4n) is 3.11. The second-order valence-corrected chi connectivity index (χ2v) is 6.12. The number of hydrogen-bond acceptors (Lipinski definition) is 2. The van der Waals surface area contributed by atoms with Crippen molar-refractivity contribution in [3.05, 3.63) is 29.9 Å². The van der Waals surface area contributed by atoms with Crippen LogP contribution in [0.25, 0.3) is 0 Å². The van der Waals surface area contributed by atoms with Crippen LogP contribution in [0.5, 0.6) is 0 Å². The van der Waals surface area contributed by atoms with Crippen LogP contribution in [0.3, 0.4) is 0 Å². The van der Waals surface area contributed by atoms with E-state index < -0.39 is 0 Å². The third-order valence-corrected chi connectivity index (χ3v) is 4.48. The van der Waals surface area contributed by atoms with Crippen LogP contribution < -0.4 is 5.32 Å². The van der Waals surface area contributed by atoms with Crippen molar-refractivity contribution in [1.82, 2.24) is 5.32 Å². The predicted octanol–water partition coefficient (Wildman–Crippen LogP) is 3.36. The maximum atomic E-state index is 6.40. The highest BCUT2D eigenvalue weighted by Crippen LogP contribution is 2.40. The summed E-state index contributed by atoms with van der Waals surface area (Å²) < 4.78 is 6.40. The molecule has 99 valence electrons. The lowest BCUT2D eigenvalue weighted by Gasteiger charge is -2.39. The quantitative estimate of drug-likeness (QED) is 0.824. The number of ether oxygens (including phenoxy) is 1. The van der Waals surface area contributed by atoms with Crippen molar-refractivity contribution in [1.29, 1.82) is 0 Å². The molecule has 1 atom stereocenters. The summed E-state index contributed by atoms with van der Waals surface area (Å²) in [5, 5.41) is 3.46. The standard InChI is InChI=1S/C16H24NO/c1-16(10-5-11-17-12-16)18-15-9-3-2-8-14(15)13-6-4-7-13/h2,8-9,13,17H,3-7,10-12H2,1H3/t16-/m0/s1. The molecule has 0 aromatic rings. The van der Waals surface area contributed by atoms with Gasteiger partial charge >= 0.3 is 0 Å². The van der Waals surface area contributed by atoms with Crippen LogP contribution in [0.4, 0.5) is 0 Å². The smallest absolute Gasteiger partial charge is 0.119 e. The predicted molar refractivity (Wildman–Crippen MR) is 74.0 cm³/mol. The van der Waals surface area contributed by atoms with Gasteiger partial charge in [-0.15, -0.1) is 0 Å². The Morgan fingerprint density at radius 2 is 2.22 bits per heavy atom. The van der Waals surface area contributed by atoms with E-state index in [0.717, 1.165) is 25.4 Å². The minimum absolute atomic E-state index is 0.00966. The first-order chi connectivity index (χ1) is 8.77. The van der Waals surface area contributed by atoms with Gasteiger partial charge in [-0.05, 0) is 69.6 Å². The highest BCUT2D eigenvalue weighted by atomic mass is 16.5. The van der Waals surface area contributed by atoms with E-state index in [2.05, 4.69) is 30.8 Å². The van der Waals surface area contributed by atoms with Gasteiger partial charge in [-0.25, -0.2) is 0 Å². The largest absolute Gasteiger partial charge is 0.486 e. The lowest BCUT2D eigenvalue weighted by atomic mass is 9.77. The van der Waals surface area contributed by atoms with Gasteiger partial charge < -0.3 is 10.1 Å². The zero-order valence-electron chi connectivity index (χ0n) is 11.4. The molecule has 1 heterocycles. The summed E-state index contributed by atoms with van der Waals surface area (Å²) in [7, 11) is 0. The van der Waals surface area contributed by atoms with E-state index in [0.29, 0.717) is 0 Å². The van der Waals surface area contributed by atoms with Crippen molar-refractivity contribution < 1.29 is 4.74 Å². The minimum atomic E-state index is -0.00966. The molecule has 1 radical (unpaired) electrons. The molecule has 3 aliphatic rings. The molecule has 1 N–H and O–H groups in total. The molecule has 0 aromatic heterocycles. The average Bonchev–Trinajstić information content (AvgIpc) is 2.30. The Labute approximate surface area is 110 Å². The van der Waals surface area contributed by atoms with Crippen LogP contribution in [0, 0.1) is 12.3 Å². The molecule has 2 nitrogen and oxygen atoms in total. The molecule has 2 heteroatoms. The first-order valence-corrected chi connectivity index (χ1v) is 7.40. The van der Waals surface area contributed by atoms with Gasteiger partial charge in [0.1, 0.15) is 11.4 Å². The second-order valence-electron chi connectivity index (χ2n) is 6.12. The average molecular weight is 246 g/mol. The number of allylic oxidation sites excluding steroid dienone is 3. The molecule has 3 rings (SSSR count). The highest BCUT2D eigenvalue weighted by molar-refractivity contribution is 5.36. The summed E-state index contributed by atoms with van der Waals surface area (Å²) in [4.78, 5) is 0. The zero-order valence-corrected chi connectivity index (χ0v) is 11.4. The lowest BCUT2D eigenvalue weighted by molar-refractivity contribution is -0.000819. The van der Waals surface area contributed by atoms with E-state index >= 15 is 0 Å². The maximum absolute atomic E-state index is 6.40. The topological polar surface area (TPSA) is 21.3 Å². The molecule has 2 aliphatic carbocycles. The van der Waals surface area contributed by atoms with Gasteiger partial charge in [0, 0.05) is 6.54 Å². The van der Waals surface area contributed by atoms with Crippen LogP contribution in [0.1, 0.15) is 45.4 Å². The molecule has 18 heavy (non-hydrogen) atoms. The Kier molecular flexibility index (Phi) is 3.47. The van der Waals surface area contributed by atoms with Gasteiger partial charge in [0.15, 0.2) is 0 Å². The van der Waals surface area contributed by atoms with Crippen LogP contribution in [0.2, 0.25) is 0 Å². The fourth-order valence-corrected chi connectivity index (χ4v) is 3.11. The summed E-state index contributed by atoms with van der Waals surface area (Å²) >= 11 is 0. The minimum Gasteiger partial charge on any atom is -0.486 e. The molecule has 1 saturated carbocycles. The summed E-state index contributed by atoms with van der Waals surface area (Å²) in [6.45, 7) is 4.36. The summed E-state index contributed by atoms with van der Waals surface area (Å²) in [5.74, 6) is 1.93. The zero-order chi connectivity index (χ0) is 12.4. The fraction of sp³-hybridized carbons (Fsp3) is 0.688. The van der Waals surface area contributed by atoms with Gasteiger partial charge in [0.05, 0.1) is 0 Å². The normalized spacial score (nSPS) is 33.4. The summed E-state index contributed by atoms with van der Waals surface area (Å²) in [5.41, 5.74) is 1.45. The third kappa shape index (κ3) is 2.49. The Morgan fingerprint density at radius 1 is 1.33 bits per heavy atom. The molecule has 1 saturated heterocycles. The molecular formula is C16H24NO. The van der Waals surface area contributed by atoms with Crippen molar-refractivity contribution in [2.75, 3.05) is 13.1 Å². The van der Waals surface area contributed by atoms with Gasteiger partial charge in [0.2, 0.25) is 0 Å². The second kappa shape index (κ2) is 5.08. The van der Waals surface area contributed by atoms with Crippen molar-refractivity contribution >= 4 is 0 Å². The molecule has 0 bridgehead atoms. The van der Waals surface area contributed by atoms with E-state index in [9.17, 15) is 0 Å². The van der Waals surface area contributed by atoms with E-state index in [4.69, 9.17) is 4.74 Å². The summed E-state index contributed by atoms with van der Waals surface area (Å²) in [6.07, 6.45) is 14.3. The van der Waals surface area contributed by atoms with E-state index in [-0.39, 0.29) is 5.60 Å². The Bertz CT molecular complexity index is 359. The lowest BCUT2D eigenvalue weighted by Crippen LogP contribution is -2.45. The first-order valence-electron chi connectivity index (χ1n) is 7.40. The van der Waals surface area contributed by atoms with Gasteiger partial charge in [-0.3, -0.25) is 0 Å². The summed E-state index contributed by atoms with van der Waals surface area (Å²) in [6, 6.07) is 0. The van der Waals surface area contributed by atoms with Crippen LogP contribution in [0.15, 0.2) is 23.5 Å². The molecule has 0 unspecified atom stereocenters. The van der Waals surface area contributed by atoms with Crippen LogP contribution in [-0.4, -0.2) is 18.7 Å². The molecular weight excluding hydrogens is 222 g/mol. The van der Waals surface area contributed by atoms with Crippen LogP contribution in [-0.2, 0) is 4.74 Å². The Balaban J connectivity index is 1.69. The number of nitrogens with one attached hydrogen (secondary N) is 1. The Morgan fingerprint density at radius 3 is 2.89 bits per heavy atom. The van der Waals surface area contributed by atoms with Crippen molar-refractivity contribution in [3.8, 4) is 0 Å². The number of piperidine rings is 1. The van der Waals surface area contributed by atoms with Gasteiger partial charge in [-0.2, -0.15) is 0 Å². The number of hydrogen-bond donors (Lipinski definition) is 1. The highest BCUT2D eigenvalue weighted by Gasteiger charge is 2.33. The van der Waals surface area contributed by atoms with Crippen LogP contribution >= 0.6 is 0 Å². The third-order valence-electron chi connectivity index (χ3n) is 4.48. The number of rotatable bonds is 3. The van der Waals surface area contributed by atoms with Gasteiger partial charge in [0.25, 0.3) is 0 Å². The van der Waals surface area contributed by atoms with E-state index in [1.165, 1.54) is 43.4 Å². The molecule has 0 amide bonds. The van der Waals surface area contributed by atoms with E-state index in [1.807, 2.05) is 0 Å². The van der Waals surface area contributed by atoms with E-state index in [1.54, 1.807) is 0 Å². The Hall–Kier alpha value is -0.760. The van der Waals surface area contributed by atoms with Crippen molar-refractivity contribution in [2.45, 2.75) is 51.0 Å². The first kappa shape index (κ1) is 12.3. The maximum Gasteiger partial charge on any atom is 0.119 e. The van der Waals surface area contributed by atoms with Gasteiger partial charge in [-0.1, -0.05) is 12.5 Å². The SMILES string of the molecule is C[C@]1(OC2=CC[CH]C=C2C2CCC2)CCCNC1. The molecule has 1 aliphatic heterocycles. The van der Waals surface area contributed by atoms with Crippen molar-refractivity contribution in [3.63, 3.8) is 0 Å². The molecule has 2 fully saturated rings. The monoisotopic (exact) mass is 246 g/mol. The molecule has 0 aromatic carbocycles.